The molecule has 2 fully saturated rings. The largest absolute Gasteiger partial charge is 0.497 e. The van der Waals surface area contributed by atoms with Gasteiger partial charge in [0.2, 0.25) is 11.8 Å². The standard InChI is InChI=1S/C33H48N4O8S/c1-32(2,3)45-31(41)35-26-15-9-7-5-6-8-13-24-21-33(24,22-28(38)27-16-11-19-37(27)29(26)39)30(40)36-46(42,43)34-18-17-23-12-10-14-25(20-23)44-4/h8,10,12-14,20,24,26-27,34H,5-7,9,11,15-19,21-22H2,1-4H3,(H,35,41)(H,36,40)/b13-8-/t24-,26+,27+,33-/m1/s1. The second-order valence-corrected chi connectivity index (χ2v) is 15.0. The summed E-state index contributed by atoms with van der Waals surface area (Å²) in [4.78, 5) is 55.3. The Morgan fingerprint density at radius 1 is 1.09 bits per heavy atom. The highest BCUT2D eigenvalue weighted by molar-refractivity contribution is 7.88. The van der Waals surface area contributed by atoms with Gasteiger partial charge in [0.05, 0.1) is 18.6 Å². The zero-order valence-corrected chi connectivity index (χ0v) is 28.1. The third kappa shape index (κ3) is 9.54. The minimum Gasteiger partial charge on any atom is -0.497 e. The molecule has 12 nitrogen and oxygen atoms in total. The number of rotatable bonds is 8. The number of ketones is 1. The third-order valence-electron chi connectivity index (χ3n) is 8.77. The zero-order chi connectivity index (χ0) is 33.5. The van der Waals surface area contributed by atoms with Crippen LogP contribution in [0.25, 0.3) is 0 Å². The summed E-state index contributed by atoms with van der Waals surface area (Å²) in [6, 6.07) is 5.67. The predicted molar refractivity (Wildman–Crippen MR) is 172 cm³/mol. The lowest BCUT2D eigenvalue weighted by molar-refractivity contribution is -0.140. The number of hydrogen-bond donors (Lipinski definition) is 3. The summed E-state index contributed by atoms with van der Waals surface area (Å²) in [6.07, 6.45) is 8.29. The highest BCUT2D eigenvalue weighted by atomic mass is 32.2. The normalized spacial score (nSPS) is 26.5. The molecule has 4 atom stereocenters. The van der Waals surface area contributed by atoms with E-state index in [-0.39, 0.29) is 30.6 Å². The minimum atomic E-state index is -4.20. The summed E-state index contributed by atoms with van der Waals surface area (Å²) in [5.74, 6) is -0.989. The van der Waals surface area contributed by atoms with Gasteiger partial charge in [-0.25, -0.2) is 9.52 Å². The van der Waals surface area contributed by atoms with Gasteiger partial charge in [0.1, 0.15) is 17.4 Å². The molecule has 0 unspecified atom stereocenters. The van der Waals surface area contributed by atoms with Gasteiger partial charge >= 0.3 is 16.3 Å². The van der Waals surface area contributed by atoms with Crippen LogP contribution < -0.4 is 19.5 Å². The molecule has 2 heterocycles. The first-order valence-corrected chi connectivity index (χ1v) is 17.7. The van der Waals surface area contributed by atoms with Crippen LogP contribution in [0.4, 0.5) is 4.79 Å². The van der Waals surface area contributed by atoms with Gasteiger partial charge in [-0.05, 0) is 89.3 Å². The molecule has 3 amide bonds. The molecule has 2 aliphatic heterocycles. The summed E-state index contributed by atoms with van der Waals surface area (Å²) in [6.45, 7) is 5.65. The van der Waals surface area contributed by atoms with Crippen LogP contribution in [0.1, 0.15) is 84.1 Å². The van der Waals surface area contributed by atoms with E-state index in [1.807, 2.05) is 30.4 Å². The van der Waals surface area contributed by atoms with Crippen molar-refractivity contribution in [3.05, 3.63) is 42.0 Å². The number of benzene rings is 1. The molecule has 0 spiro atoms. The second kappa shape index (κ2) is 15.0. The summed E-state index contributed by atoms with van der Waals surface area (Å²) >= 11 is 0. The van der Waals surface area contributed by atoms with Gasteiger partial charge in [-0.2, -0.15) is 13.1 Å². The molecule has 3 aliphatic rings. The van der Waals surface area contributed by atoms with Crippen molar-refractivity contribution in [2.45, 2.75) is 103 Å². The fourth-order valence-electron chi connectivity index (χ4n) is 6.30. The van der Waals surface area contributed by atoms with Crippen molar-refractivity contribution in [2.24, 2.45) is 11.3 Å². The van der Waals surface area contributed by atoms with Gasteiger partial charge in [-0.3, -0.25) is 14.4 Å². The molecule has 0 bridgehead atoms. The Kier molecular flexibility index (Phi) is 11.5. The number of carbonyl (C=O) groups is 4. The maximum Gasteiger partial charge on any atom is 0.408 e. The Balaban J connectivity index is 1.46. The average molecular weight is 661 g/mol. The van der Waals surface area contributed by atoms with Crippen molar-refractivity contribution in [1.82, 2.24) is 19.7 Å². The quantitative estimate of drug-likeness (QED) is 0.357. The van der Waals surface area contributed by atoms with Crippen molar-refractivity contribution in [3.63, 3.8) is 0 Å². The molecule has 4 rings (SSSR count). The highest BCUT2D eigenvalue weighted by Gasteiger charge is 2.61. The number of carbonyl (C=O) groups excluding carboxylic acids is 4. The van der Waals surface area contributed by atoms with Crippen LogP contribution in [0, 0.1) is 11.3 Å². The number of Topliss-reactive ketones (excluding diaryl/α,β-unsaturated/α-hetero) is 1. The Labute approximate surface area is 272 Å². The summed E-state index contributed by atoms with van der Waals surface area (Å²) < 4.78 is 41.0. The van der Waals surface area contributed by atoms with Crippen LogP contribution >= 0.6 is 0 Å². The maximum absolute atomic E-state index is 13.8. The Morgan fingerprint density at radius 3 is 2.61 bits per heavy atom. The molecule has 0 radical (unpaired) electrons. The molecule has 0 aromatic heterocycles. The van der Waals surface area contributed by atoms with E-state index in [9.17, 15) is 27.6 Å². The first-order chi connectivity index (χ1) is 21.7. The van der Waals surface area contributed by atoms with Crippen LogP contribution in [0.15, 0.2) is 36.4 Å². The first-order valence-electron chi connectivity index (χ1n) is 16.2. The first kappa shape index (κ1) is 35.4. The molecule has 1 aromatic carbocycles. The summed E-state index contributed by atoms with van der Waals surface area (Å²) in [5.41, 5.74) is -1.09. The number of alkyl carbamates (subject to hydrolysis) is 1. The predicted octanol–water partition coefficient (Wildman–Crippen LogP) is 3.56. The number of fused-ring (bicyclic) bond motifs is 2. The van der Waals surface area contributed by atoms with Gasteiger partial charge in [-0.15, -0.1) is 0 Å². The van der Waals surface area contributed by atoms with Gasteiger partial charge in [0.25, 0.3) is 0 Å². The second-order valence-electron chi connectivity index (χ2n) is 13.5. The molecule has 254 valence electrons. The minimum absolute atomic E-state index is 0.0582. The van der Waals surface area contributed by atoms with E-state index in [1.54, 1.807) is 33.9 Å². The molecule has 1 aromatic rings. The van der Waals surface area contributed by atoms with E-state index in [2.05, 4.69) is 14.8 Å². The number of allylic oxidation sites excluding steroid dienone is 2. The van der Waals surface area contributed by atoms with Crippen molar-refractivity contribution >= 4 is 33.9 Å². The van der Waals surface area contributed by atoms with Crippen molar-refractivity contribution in [3.8, 4) is 5.75 Å². The molecule has 1 saturated heterocycles. The van der Waals surface area contributed by atoms with Gasteiger partial charge < -0.3 is 19.7 Å². The van der Waals surface area contributed by atoms with Gasteiger partial charge in [0.15, 0.2) is 5.78 Å². The molecule has 1 aliphatic carbocycles. The Morgan fingerprint density at radius 2 is 1.87 bits per heavy atom. The Hall–Kier alpha value is -3.45. The van der Waals surface area contributed by atoms with Gasteiger partial charge in [0, 0.05) is 19.5 Å². The van der Waals surface area contributed by atoms with E-state index >= 15 is 0 Å². The Bertz CT molecular complexity index is 1420. The molecular formula is C33H48N4O8S. The molecular weight excluding hydrogens is 612 g/mol. The van der Waals surface area contributed by atoms with E-state index in [4.69, 9.17) is 9.47 Å². The molecule has 46 heavy (non-hydrogen) atoms. The lowest BCUT2D eigenvalue weighted by atomic mass is 9.91. The number of amides is 3. The SMILES string of the molecule is COc1cccc(CCNS(=O)(=O)NC(=O)[C@]23CC(=O)[C@@H]4CCCN4C(=O)[C@@H](NC(=O)OC(C)(C)C)CCCCC/C=C\[C@@H]2C3)c1. The summed E-state index contributed by atoms with van der Waals surface area (Å²) in [5, 5.41) is 2.72. The van der Waals surface area contributed by atoms with E-state index < -0.39 is 45.3 Å². The lowest BCUT2D eigenvalue weighted by Crippen LogP contribution is -2.53. The third-order valence-corrected chi connectivity index (χ3v) is 9.81. The highest BCUT2D eigenvalue weighted by Crippen LogP contribution is 2.57. The number of ether oxygens (including phenoxy) is 2. The zero-order valence-electron chi connectivity index (χ0n) is 27.3. The summed E-state index contributed by atoms with van der Waals surface area (Å²) in [7, 11) is -2.65. The van der Waals surface area contributed by atoms with E-state index in [0.717, 1.165) is 24.8 Å². The van der Waals surface area contributed by atoms with Crippen LogP contribution in [-0.2, 0) is 35.8 Å². The molecule has 3 N–H and O–H groups in total. The van der Waals surface area contributed by atoms with Crippen LogP contribution in [0.3, 0.4) is 0 Å². The fraction of sp³-hybridized carbons (Fsp3) is 0.636. The van der Waals surface area contributed by atoms with E-state index in [1.165, 1.54) is 4.90 Å². The molecule has 1 saturated carbocycles. The van der Waals surface area contributed by atoms with Gasteiger partial charge in [-0.1, -0.05) is 37.1 Å². The number of nitrogens with one attached hydrogen (secondary N) is 3. The molecule has 13 heteroatoms. The monoisotopic (exact) mass is 660 g/mol. The number of methoxy groups -OCH3 is 1. The van der Waals surface area contributed by atoms with Crippen molar-refractivity contribution < 1.29 is 37.1 Å². The lowest BCUT2D eigenvalue weighted by Gasteiger charge is -2.30. The topological polar surface area (TPSA) is 160 Å². The van der Waals surface area contributed by atoms with Crippen LogP contribution in [-0.4, -0.2) is 74.9 Å². The van der Waals surface area contributed by atoms with Crippen molar-refractivity contribution in [1.29, 1.82) is 0 Å². The number of nitrogens with zero attached hydrogens (tertiary/aromatic N) is 1. The van der Waals surface area contributed by atoms with Crippen LogP contribution in [0.2, 0.25) is 0 Å². The number of hydrogen-bond acceptors (Lipinski definition) is 8. The van der Waals surface area contributed by atoms with Crippen LogP contribution in [0.5, 0.6) is 5.75 Å². The van der Waals surface area contributed by atoms with E-state index in [0.29, 0.717) is 50.8 Å². The maximum atomic E-state index is 13.8. The van der Waals surface area contributed by atoms with Crippen molar-refractivity contribution in [2.75, 3.05) is 20.2 Å². The smallest absolute Gasteiger partial charge is 0.408 e. The fourth-order valence-corrected chi connectivity index (χ4v) is 7.19. The average Bonchev–Trinajstić information content (AvgIpc) is 3.44.